The molecular weight excluding hydrogens is 612 g/mol. The summed E-state index contributed by atoms with van der Waals surface area (Å²) in [5, 5.41) is 32.4. The normalized spacial score (nSPS) is 35.7. The third-order valence-electron chi connectivity index (χ3n) is 9.98. The molecule has 48 heavy (non-hydrogen) atoms. The molecule has 2 saturated heterocycles. The van der Waals surface area contributed by atoms with Crippen molar-refractivity contribution in [3.63, 3.8) is 0 Å². The van der Waals surface area contributed by atoms with Gasteiger partial charge in [0.1, 0.15) is 17.7 Å². The van der Waals surface area contributed by atoms with Crippen LogP contribution in [-0.2, 0) is 28.6 Å². The van der Waals surface area contributed by atoms with Gasteiger partial charge in [-0.1, -0.05) is 69.7 Å². The second-order valence-electron chi connectivity index (χ2n) is 14.2. The molecule has 0 aromatic heterocycles. The molecule has 0 amide bonds. The van der Waals surface area contributed by atoms with Gasteiger partial charge in [-0.25, -0.2) is 0 Å². The van der Waals surface area contributed by atoms with Crippen LogP contribution in [-0.4, -0.2) is 81.7 Å². The van der Waals surface area contributed by atoms with Gasteiger partial charge in [0.2, 0.25) is 0 Å². The second-order valence-corrected chi connectivity index (χ2v) is 14.2. The van der Waals surface area contributed by atoms with Crippen LogP contribution in [0.15, 0.2) is 59.8 Å². The van der Waals surface area contributed by atoms with Gasteiger partial charge in [0, 0.05) is 38.0 Å². The van der Waals surface area contributed by atoms with E-state index in [1.54, 1.807) is 18.2 Å². The number of fused-ring (bicyclic) bond motifs is 4. The Morgan fingerprint density at radius 3 is 2.35 bits per heavy atom. The Labute approximate surface area is 286 Å². The van der Waals surface area contributed by atoms with Crippen LogP contribution < -0.4 is 0 Å². The Balaban J connectivity index is 1.81. The number of carbonyl (C=O) groups is 3. The molecule has 3 heterocycles. The van der Waals surface area contributed by atoms with E-state index in [2.05, 4.69) is 13.2 Å². The molecule has 9 heteroatoms. The molecule has 0 aliphatic carbocycles. The van der Waals surface area contributed by atoms with Gasteiger partial charge in [0.05, 0.1) is 49.1 Å². The Bertz CT molecular complexity index is 1250. The zero-order valence-electron chi connectivity index (χ0n) is 29.6. The fourth-order valence-electron chi connectivity index (χ4n) is 6.71. The standard InChI is InChI=1S/C39H58O9/c1-8-10-24(3)39(45)25(4)11-9-12-34-35-16-15-31(46-35)20-29(40)13-14-30(41)21-32(42)28(7)26(5)17-23(2)18-33(43)37-19-27(6)36(47-37)22-38(44)48-34/h9,11-12,17,27-28,31-37,39,42-43,45H,2-3,8,10,13-16,18-22H2,1,4-7H3/b12-9+,25-11+,26-17+/t27-,28-,31-,32+,33-,34?,35-,36+,37-,39+/m1/s1. The van der Waals surface area contributed by atoms with E-state index in [4.69, 9.17) is 14.2 Å². The summed E-state index contributed by atoms with van der Waals surface area (Å²) in [7, 11) is 0. The fourth-order valence-corrected chi connectivity index (χ4v) is 6.71. The van der Waals surface area contributed by atoms with Crippen molar-refractivity contribution in [1.82, 2.24) is 0 Å². The lowest BCUT2D eigenvalue weighted by molar-refractivity contribution is -0.157. The number of rotatable bonds is 6. The molecule has 0 saturated carbocycles. The van der Waals surface area contributed by atoms with Crippen molar-refractivity contribution in [2.45, 2.75) is 154 Å². The van der Waals surface area contributed by atoms with Gasteiger partial charge < -0.3 is 29.5 Å². The first-order valence-electron chi connectivity index (χ1n) is 17.6. The zero-order valence-corrected chi connectivity index (χ0v) is 29.6. The highest BCUT2D eigenvalue weighted by Crippen LogP contribution is 2.33. The van der Waals surface area contributed by atoms with E-state index in [0.717, 1.165) is 17.6 Å². The van der Waals surface area contributed by atoms with Gasteiger partial charge >= 0.3 is 5.97 Å². The Morgan fingerprint density at radius 2 is 1.67 bits per heavy atom. The number of esters is 1. The molecule has 0 radical (unpaired) electrons. The van der Waals surface area contributed by atoms with E-state index >= 15 is 0 Å². The Kier molecular flexibility index (Phi) is 15.7. The molecule has 3 N–H and O–H groups in total. The first kappa shape index (κ1) is 39.7. The van der Waals surface area contributed by atoms with Crippen molar-refractivity contribution in [2.24, 2.45) is 11.8 Å². The molecule has 2 fully saturated rings. The van der Waals surface area contributed by atoms with Crippen molar-refractivity contribution < 1.29 is 43.9 Å². The molecule has 268 valence electrons. The Morgan fingerprint density at radius 1 is 0.979 bits per heavy atom. The lowest BCUT2D eigenvalue weighted by Crippen LogP contribution is -2.32. The molecular formula is C39H58O9. The molecule has 1 unspecified atom stereocenters. The van der Waals surface area contributed by atoms with E-state index in [-0.39, 0.29) is 68.0 Å². The van der Waals surface area contributed by atoms with Crippen LogP contribution in [0.3, 0.4) is 0 Å². The number of cyclic esters (lactones) is 1. The third kappa shape index (κ3) is 12.0. The molecule has 4 bridgehead atoms. The summed E-state index contributed by atoms with van der Waals surface area (Å²) in [5.41, 5.74) is 2.95. The van der Waals surface area contributed by atoms with Crippen molar-refractivity contribution >= 4 is 17.5 Å². The maximum atomic E-state index is 13.3. The molecule has 3 rings (SSSR count). The number of carbonyl (C=O) groups excluding carboxylic acids is 3. The molecule has 0 aromatic carbocycles. The second kappa shape index (κ2) is 18.9. The third-order valence-corrected chi connectivity index (χ3v) is 9.98. The minimum atomic E-state index is -0.901. The van der Waals surface area contributed by atoms with Gasteiger partial charge in [0.15, 0.2) is 0 Å². The smallest absolute Gasteiger partial charge is 0.309 e. The molecule has 0 spiro atoms. The first-order chi connectivity index (χ1) is 22.7. The molecule has 3 aliphatic heterocycles. The van der Waals surface area contributed by atoms with E-state index in [1.165, 1.54) is 0 Å². The SMILES string of the molecule is C=C1/C=C(\C)[C@@H](C)[C@@H](O)CC(=O)CCC(=O)C[C@H]2CC[C@@H](O2)C(/C=C/C=C(\C)[C@@H](O)C(=C)CCC)OC(=O)C[C@@H]2O[C@H](C[C@H]2C)[C@H](O)C1. The lowest BCUT2D eigenvalue weighted by atomic mass is 9.89. The van der Waals surface area contributed by atoms with Crippen molar-refractivity contribution in [2.75, 3.05) is 0 Å². The van der Waals surface area contributed by atoms with Crippen molar-refractivity contribution in [1.29, 1.82) is 0 Å². The summed E-state index contributed by atoms with van der Waals surface area (Å²) >= 11 is 0. The number of ether oxygens (including phenoxy) is 3. The summed E-state index contributed by atoms with van der Waals surface area (Å²) < 4.78 is 18.4. The summed E-state index contributed by atoms with van der Waals surface area (Å²) in [4.78, 5) is 38.8. The van der Waals surface area contributed by atoms with Crippen LogP contribution in [0.25, 0.3) is 0 Å². The van der Waals surface area contributed by atoms with Gasteiger partial charge in [0.25, 0.3) is 0 Å². The average Bonchev–Trinajstić information content (AvgIpc) is 3.64. The summed E-state index contributed by atoms with van der Waals surface area (Å²) in [6.07, 6.45) is 5.94. The largest absolute Gasteiger partial charge is 0.455 e. The summed E-state index contributed by atoms with van der Waals surface area (Å²) in [6, 6.07) is 0. The molecule has 3 aliphatic rings. The highest BCUT2D eigenvalue weighted by Gasteiger charge is 2.39. The fraction of sp³-hybridized carbons (Fsp3) is 0.667. The summed E-state index contributed by atoms with van der Waals surface area (Å²) in [5.74, 6) is -1.03. The lowest BCUT2D eigenvalue weighted by Gasteiger charge is -2.23. The van der Waals surface area contributed by atoms with E-state index < -0.39 is 48.7 Å². The average molecular weight is 671 g/mol. The van der Waals surface area contributed by atoms with E-state index in [1.807, 2.05) is 40.7 Å². The van der Waals surface area contributed by atoms with Crippen LogP contribution in [0.4, 0.5) is 0 Å². The van der Waals surface area contributed by atoms with Crippen LogP contribution in [0.5, 0.6) is 0 Å². The van der Waals surface area contributed by atoms with Gasteiger partial charge in [-0.2, -0.15) is 0 Å². The number of Topliss-reactive ketones (excluding diaryl/α,β-unsaturated/α-hetero) is 2. The van der Waals surface area contributed by atoms with Crippen LogP contribution in [0.2, 0.25) is 0 Å². The predicted molar refractivity (Wildman–Crippen MR) is 185 cm³/mol. The minimum Gasteiger partial charge on any atom is -0.455 e. The number of hydrogen-bond donors (Lipinski definition) is 3. The number of aliphatic hydroxyl groups excluding tert-OH is 3. The number of ketones is 2. The van der Waals surface area contributed by atoms with E-state index in [9.17, 15) is 29.7 Å². The topological polar surface area (TPSA) is 140 Å². The summed E-state index contributed by atoms with van der Waals surface area (Å²) in [6.45, 7) is 17.6. The van der Waals surface area contributed by atoms with Crippen LogP contribution >= 0.6 is 0 Å². The number of aliphatic hydroxyl groups is 3. The molecule has 10 atom stereocenters. The first-order valence-corrected chi connectivity index (χ1v) is 17.6. The van der Waals surface area contributed by atoms with Crippen LogP contribution in [0.1, 0.15) is 105 Å². The van der Waals surface area contributed by atoms with Crippen molar-refractivity contribution in [3.05, 3.63) is 59.8 Å². The number of hydrogen-bond acceptors (Lipinski definition) is 9. The molecule has 0 aromatic rings. The quantitative estimate of drug-likeness (QED) is 0.181. The van der Waals surface area contributed by atoms with Gasteiger partial charge in [-0.15, -0.1) is 0 Å². The Hall–Kier alpha value is -2.69. The molecule has 9 nitrogen and oxygen atoms in total. The zero-order chi connectivity index (χ0) is 35.5. The predicted octanol–water partition coefficient (Wildman–Crippen LogP) is 5.81. The highest BCUT2D eigenvalue weighted by atomic mass is 16.6. The number of allylic oxidation sites excluding steroid dienone is 3. The monoisotopic (exact) mass is 670 g/mol. The highest BCUT2D eigenvalue weighted by molar-refractivity contribution is 5.86. The van der Waals surface area contributed by atoms with Gasteiger partial charge in [-0.3, -0.25) is 14.4 Å². The maximum Gasteiger partial charge on any atom is 0.309 e. The maximum absolute atomic E-state index is 13.3. The van der Waals surface area contributed by atoms with Crippen molar-refractivity contribution in [3.8, 4) is 0 Å². The van der Waals surface area contributed by atoms with Crippen LogP contribution in [0, 0.1) is 11.8 Å². The van der Waals surface area contributed by atoms with Gasteiger partial charge in [-0.05, 0) is 62.7 Å². The minimum absolute atomic E-state index is 0.0106. The van der Waals surface area contributed by atoms with E-state index in [0.29, 0.717) is 36.8 Å².